The van der Waals surface area contributed by atoms with Gasteiger partial charge in [-0.1, -0.05) is 0 Å². The van der Waals surface area contributed by atoms with Gasteiger partial charge in [-0.05, 0) is 24.6 Å². The quantitative estimate of drug-likeness (QED) is 0.931. The molecule has 7 heteroatoms. The van der Waals surface area contributed by atoms with Crippen molar-refractivity contribution in [3.63, 3.8) is 0 Å². The highest BCUT2D eigenvalue weighted by atomic mass is 32.2. The van der Waals surface area contributed by atoms with Crippen LogP contribution in [0.5, 0.6) is 0 Å². The van der Waals surface area contributed by atoms with E-state index in [9.17, 15) is 9.59 Å². The monoisotopic (exact) mass is 319 g/mol. The van der Waals surface area contributed by atoms with E-state index in [0.717, 1.165) is 17.0 Å². The third-order valence-electron chi connectivity index (χ3n) is 3.73. The zero-order valence-corrected chi connectivity index (χ0v) is 13.0. The van der Waals surface area contributed by atoms with Crippen LogP contribution in [0.15, 0.2) is 24.5 Å². The lowest BCUT2D eigenvalue weighted by Gasteiger charge is -2.34. The number of nitrogens with zero attached hydrogens (tertiary/aromatic N) is 3. The molecule has 1 aliphatic rings. The van der Waals surface area contributed by atoms with E-state index in [1.165, 1.54) is 0 Å². The van der Waals surface area contributed by atoms with E-state index in [-0.39, 0.29) is 18.4 Å². The number of thioether (sulfide) groups is 1. The summed E-state index contributed by atoms with van der Waals surface area (Å²) in [5, 5.41) is 9.01. The summed E-state index contributed by atoms with van der Waals surface area (Å²) < 4.78 is 1.81. The Morgan fingerprint density at radius 1 is 1.50 bits per heavy atom. The van der Waals surface area contributed by atoms with Gasteiger partial charge in [0.05, 0.1) is 12.5 Å². The van der Waals surface area contributed by atoms with Gasteiger partial charge in [0.1, 0.15) is 11.3 Å². The van der Waals surface area contributed by atoms with Gasteiger partial charge in [-0.15, -0.1) is 0 Å². The van der Waals surface area contributed by atoms with Crippen LogP contribution in [-0.2, 0) is 4.79 Å². The number of imidazole rings is 1. The number of carboxylic acid groups (broad SMARTS) is 1. The van der Waals surface area contributed by atoms with E-state index in [4.69, 9.17) is 5.11 Å². The molecule has 0 aromatic carbocycles. The van der Waals surface area contributed by atoms with Crippen LogP contribution >= 0.6 is 11.8 Å². The molecular weight excluding hydrogens is 302 g/mol. The van der Waals surface area contributed by atoms with Crippen molar-refractivity contribution >= 4 is 29.3 Å². The second-order valence-electron chi connectivity index (χ2n) is 5.42. The van der Waals surface area contributed by atoms with Crippen molar-refractivity contribution in [2.75, 3.05) is 18.1 Å². The number of carbonyl (C=O) groups is 2. The summed E-state index contributed by atoms with van der Waals surface area (Å²) in [5.41, 5.74) is 2.17. The van der Waals surface area contributed by atoms with Crippen molar-refractivity contribution in [2.24, 2.45) is 0 Å². The number of rotatable bonds is 3. The highest BCUT2D eigenvalue weighted by Gasteiger charge is 2.30. The van der Waals surface area contributed by atoms with Gasteiger partial charge in [0.15, 0.2) is 0 Å². The molecule has 0 spiro atoms. The second-order valence-corrected chi connectivity index (χ2v) is 6.57. The summed E-state index contributed by atoms with van der Waals surface area (Å²) in [6, 6.07) is 3.60. The Balaban J connectivity index is 1.87. The number of aliphatic carboxylic acids is 1. The molecule has 3 heterocycles. The summed E-state index contributed by atoms with van der Waals surface area (Å²) in [7, 11) is 0. The third kappa shape index (κ3) is 2.94. The average molecular weight is 319 g/mol. The van der Waals surface area contributed by atoms with E-state index in [0.29, 0.717) is 18.0 Å². The molecule has 1 N–H and O–H groups in total. The first-order chi connectivity index (χ1) is 10.5. The molecule has 3 rings (SSSR count). The van der Waals surface area contributed by atoms with Crippen molar-refractivity contribution in [2.45, 2.75) is 19.4 Å². The predicted molar refractivity (Wildman–Crippen MR) is 84.3 cm³/mol. The Kier molecular flexibility index (Phi) is 4.06. The first-order valence-corrected chi connectivity index (χ1v) is 8.26. The zero-order valence-electron chi connectivity index (χ0n) is 12.2. The topological polar surface area (TPSA) is 74.9 Å². The summed E-state index contributed by atoms with van der Waals surface area (Å²) in [6.07, 6.45) is 3.55. The summed E-state index contributed by atoms with van der Waals surface area (Å²) in [6.45, 7) is 2.54. The van der Waals surface area contributed by atoms with E-state index in [2.05, 4.69) is 4.98 Å². The van der Waals surface area contributed by atoms with E-state index in [1.807, 2.05) is 29.7 Å². The molecule has 1 amide bonds. The lowest BCUT2D eigenvalue weighted by atomic mass is 10.2. The molecule has 0 radical (unpaired) electrons. The normalized spacial score (nSPS) is 18.6. The molecule has 6 nitrogen and oxygen atoms in total. The van der Waals surface area contributed by atoms with Crippen LogP contribution < -0.4 is 0 Å². The van der Waals surface area contributed by atoms with Gasteiger partial charge < -0.3 is 14.4 Å². The minimum absolute atomic E-state index is 0.0226. The molecule has 1 atom stereocenters. The highest BCUT2D eigenvalue weighted by molar-refractivity contribution is 7.99. The van der Waals surface area contributed by atoms with E-state index in [1.54, 1.807) is 22.9 Å². The highest BCUT2D eigenvalue weighted by Crippen LogP contribution is 2.21. The Morgan fingerprint density at radius 2 is 2.32 bits per heavy atom. The van der Waals surface area contributed by atoms with Gasteiger partial charge in [-0.25, -0.2) is 4.98 Å². The standard InChI is InChI=1S/C15H17N3O3S/c1-10-2-3-17-8-12(16-13(17)6-10)15(21)18-4-5-22-9-11(18)7-14(19)20/h2-3,6,8,11H,4-5,7,9H2,1H3,(H,19,20). The molecule has 2 aromatic heterocycles. The molecular formula is C15H17N3O3S. The molecule has 0 bridgehead atoms. The third-order valence-corrected chi connectivity index (χ3v) is 4.83. The Hall–Kier alpha value is -2.02. The van der Waals surface area contributed by atoms with Gasteiger partial charge in [0.25, 0.3) is 5.91 Å². The number of aryl methyl sites for hydroxylation is 1. The lowest BCUT2D eigenvalue weighted by molar-refractivity contribution is -0.138. The van der Waals surface area contributed by atoms with Gasteiger partial charge in [0.2, 0.25) is 0 Å². The molecule has 1 aliphatic heterocycles. The molecule has 1 fully saturated rings. The maximum absolute atomic E-state index is 12.7. The number of aromatic nitrogens is 2. The molecule has 0 aliphatic carbocycles. The minimum Gasteiger partial charge on any atom is -0.481 e. The van der Waals surface area contributed by atoms with E-state index < -0.39 is 5.97 Å². The molecule has 1 unspecified atom stereocenters. The molecule has 116 valence electrons. The van der Waals surface area contributed by atoms with Gasteiger partial charge in [0, 0.05) is 30.4 Å². The number of pyridine rings is 1. The number of carbonyl (C=O) groups excluding carboxylic acids is 1. The van der Waals surface area contributed by atoms with Crippen molar-refractivity contribution in [1.82, 2.24) is 14.3 Å². The predicted octanol–water partition coefficient (Wildman–Crippen LogP) is 1.68. The van der Waals surface area contributed by atoms with Crippen LogP contribution in [0.2, 0.25) is 0 Å². The number of amides is 1. The van der Waals surface area contributed by atoms with Crippen molar-refractivity contribution in [3.05, 3.63) is 35.8 Å². The maximum atomic E-state index is 12.7. The first-order valence-electron chi connectivity index (χ1n) is 7.10. The number of carboxylic acids is 1. The molecule has 22 heavy (non-hydrogen) atoms. The van der Waals surface area contributed by atoms with Gasteiger partial charge in [-0.2, -0.15) is 11.8 Å². The second kappa shape index (κ2) is 6.00. The number of hydrogen-bond acceptors (Lipinski definition) is 4. The fourth-order valence-electron chi connectivity index (χ4n) is 2.63. The van der Waals surface area contributed by atoms with Gasteiger partial charge >= 0.3 is 5.97 Å². The van der Waals surface area contributed by atoms with Crippen molar-refractivity contribution in [1.29, 1.82) is 0 Å². The summed E-state index contributed by atoms with van der Waals surface area (Å²) >= 11 is 1.69. The zero-order chi connectivity index (χ0) is 15.7. The van der Waals surface area contributed by atoms with Crippen LogP contribution in [0.25, 0.3) is 5.65 Å². The Bertz CT molecular complexity index is 728. The fourth-order valence-corrected chi connectivity index (χ4v) is 3.69. The summed E-state index contributed by atoms with van der Waals surface area (Å²) in [5.74, 6) is 0.419. The number of fused-ring (bicyclic) bond motifs is 1. The first kappa shape index (κ1) is 14.9. The largest absolute Gasteiger partial charge is 0.481 e. The number of hydrogen-bond donors (Lipinski definition) is 1. The summed E-state index contributed by atoms with van der Waals surface area (Å²) in [4.78, 5) is 29.7. The van der Waals surface area contributed by atoms with Crippen LogP contribution in [0, 0.1) is 6.92 Å². The molecule has 2 aromatic rings. The lowest BCUT2D eigenvalue weighted by Crippen LogP contribution is -2.47. The maximum Gasteiger partial charge on any atom is 0.305 e. The van der Waals surface area contributed by atoms with Gasteiger partial charge in [-0.3, -0.25) is 9.59 Å². The fraction of sp³-hybridized carbons (Fsp3) is 0.400. The van der Waals surface area contributed by atoms with E-state index >= 15 is 0 Å². The smallest absolute Gasteiger partial charge is 0.305 e. The van der Waals surface area contributed by atoms with Crippen LogP contribution in [0.1, 0.15) is 22.5 Å². The minimum atomic E-state index is -0.879. The van der Waals surface area contributed by atoms with Crippen LogP contribution in [-0.4, -0.2) is 55.4 Å². The van der Waals surface area contributed by atoms with Crippen LogP contribution in [0.4, 0.5) is 0 Å². The van der Waals surface area contributed by atoms with Crippen molar-refractivity contribution < 1.29 is 14.7 Å². The van der Waals surface area contributed by atoms with Crippen molar-refractivity contribution in [3.8, 4) is 0 Å². The Labute approximate surface area is 132 Å². The SMILES string of the molecule is Cc1ccn2cc(C(=O)N3CCSCC3CC(=O)O)nc2c1. The molecule has 0 saturated carbocycles. The molecule has 1 saturated heterocycles. The average Bonchev–Trinajstić information content (AvgIpc) is 2.89. The Morgan fingerprint density at radius 3 is 3.09 bits per heavy atom. The van der Waals surface area contributed by atoms with Crippen LogP contribution in [0.3, 0.4) is 0 Å².